The van der Waals surface area contributed by atoms with Gasteiger partial charge in [-0.05, 0) is 50.1 Å². The molecule has 0 radical (unpaired) electrons. The number of nitrogens with zero attached hydrogens (tertiary/aromatic N) is 2. The van der Waals surface area contributed by atoms with Crippen LogP contribution in [0, 0.1) is 0 Å². The van der Waals surface area contributed by atoms with Crippen LogP contribution in [-0.2, 0) is 6.42 Å². The molecule has 148 valence electrons. The molecule has 28 heavy (non-hydrogen) atoms. The fourth-order valence-electron chi connectivity index (χ4n) is 3.31. The number of carbonyl (C=O) groups is 1. The van der Waals surface area contributed by atoms with E-state index >= 15 is 0 Å². The van der Waals surface area contributed by atoms with Gasteiger partial charge >= 0.3 is 6.03 Å². The van der Waals surface area contributed by atoms with Gasteiger partial charge in [-0.1, -0.05) is 12.1 Å². The molecule has 2 aromatic carbocycles. The highest BCUT2D eigenvalue weighted by Crippen LogP contribution is 2.34. The van der Waals surface area contributed by atoms with Crippen LogP contribution in [0.5, 0.6) is 11.5 Å². The van der Waals surface area contributed by atoms with Gasteiger partial charge in [-0.2, -0.15) is 5.10 Å². The maximum atomic E-state index is 12.6. The van der Waals surface area contributed by atoms with Gasteiger partial charge in [0, 0.05) is 23.4 Å². The van der Waals surface area contributed by atoms with Gasteiger partial charge in [0.25, 0.3) is 0 Å². The quantitative estimate of drug-likeness (QED) is 0.796. The van der Waals surface area contributed by atoms with E-state index in [1.807, 2.05) is 50.2 Å². The summed E-state index contributed by atoms with van der Waals surface area (Å²) in [6, 6.07) is 11.0. The van der Waals surface area contributed by atoms with Gasteiger partial charge in [-0.15, -0.1) is 0 Å². The fraction of sp³-hybridized carbons (Fsp3) is 0.333. The monoisotopic (exact) mass is 382 g/mol. The molecule has 3 rings (SSSR count). The Hall–Kier alpha value is -3.22. The van der Waals surface area contributed by atoms with Crippen molar-refractivity contribution in [2.45, 2.75) is 26.3 Å². The summed E-state index contributed by atoms with van der Waals surface area (Å²) in [6.45, 7) is 4.39. The number of benzene rings is 2. The van der Waals surface area contributed by atoms with Gasteiger partial charge in [0.1, 0.15) is 0 Å². The van der Waals surface area contributed by atoms with E-state index in [1.54, 1.807) is 14.2 Å². The predicted octanol–water partition coefficient (Wildman–Crippen LogP) is 3.01. The maximum absolute atomic E-state index is 12.6. The molecule has 0 aliphatic carbocycles. The lowest BCUT2D eigenvalue weighted by atomic mass is 9.94. The third kappa shape index (κ3) is 3.74. The number of rotatable bonds is 4. The van der Waals surface area contributed by atoms with E-state index in [0.717, 1.165) is 16.7 Å². The van der Waals surface area contributed by atoms with E-state index in [0.29, 0.717) is 35.9 Å². The Morgan fingerprint density at radius 2 is 1.86 bits per heavy atom. The van der Waals surface area contributed by atoms with Gasteiger partial charge in [-0.25, -0.2) is 9.80 Å². The highest BCUT2D eigenvalue weighted by Gasteiger charge is 2.28. The average molecular weight is 382 g/mol. The molecule has 7 heteroatoms. The predicted molar refractivity (Wildman–Crippen MR) is 110 cm³/mol. The Morgan fingerprint density at radius 1 is 1.21 bits per heavy atom. The second kappa shape index (κ2) is 8.21. The van der Waals surface area contributed by atoms with Crippen molar-refractivity contribution >= 4 is 17.4 Å². The summed E-state index contributed by atoms with van der Waals surface area (Å²) in [6.07, 6.45) is 0.634. The smallest absolute Gasteiger partial charge is 0.338 e. The molecule has 1 aliphatic heterocycles. The van der Waals surface area contributed by atoms with Crippen LogP contribution < -0.4 is 20.5 Å². The number of methoxy groups -OCH3 is 2. The molecule has 7 nitrogen and oxygen atoms in total. The van der Waals surface area contributed by atoms with Crippen molar-refractivity contribution < 1.29 is 14.3 Å². The minimum Gasteiger partial charge on any atom is -0.493 e. The first-order valence-electron chi connectivity index (χ1n) is 9.25. The Bertz CT molecular complexity index is 893. The Kier molecular flexibility index (Phi) is 5.73. The molecule has 0 spiro atoms. The molecule has 0 fully saturated rings. The van der Waals surface area contributed by atoms with Crippen molar-refractivity contribution in [3.05, 3.63) is 53.1 Å². The molecule has 0 saturated carbocycles. The van der Waals surface area contributed by atoms with Crippen molar-refractivity contribution in [1.29, 1.82) is 0 Å². The molecule has 1 aliphatic rings. The van der Waals surface area contributed by atoms with E-state index in [2.05, 4.69) is 5.32 Å². The Labute approximate surface area is 165 Å². The zero-order valence-corrected chi connectivity index (χ0v) is 16.7. The first-order chi connectivity index (χ1) is 13.5. The SMILES string of the molecule is CCNC(=O)N1N=C(c2ccc(N)cc2)c2cc(OC)c(OC)cc2CC1C. The van der Waals surface area contributed by atoms with Gasteiger partial charge in [0.05, 0.1) is 26.0 Å². The van der Waals surface area contributed by atoms with Crippen LogP contribution in [0.1, 0.15) is 30.5 Å². The number of hydrazone groups is 1. The molecule has 2 aromatic rings. The molecular formula is C21H26N4O3. The van der Waals surface area contributed by atoms with Crippen molar-refractivity contribution in [3.8, 4) is 11.5 Å². The highest BCUT2D eigenvalue weighted by atomic mass is 16.5. The summed E-state index contributed by atoms with van der Waals surface area (Å²) in [4.78, 5) is 12.6. The lowest BCUT2D eigenvalue weighted by Gasteiger charge is -2.23. The lowest BCUT2D eigenvalue weighted by Crippen LogP contribution is -2.42. The molecular weight excluding hydrogens is 356 g/mol. The third-order valence-corrected chi connectivity index (χ3v) is 4.73. The Morgan fingerprint density at radius 3 is 2.46 bits per heavy atom. The number of amides is 2. The number of hydrogen-bond acceptors (Lipinski definition) is 5. The second-order valence-corrected chi connectivity index (χ2v) is 6.67. The summed E-state index contributed by atoms with van der Waals surface area (Å²) in [7, 11) is 3.21. The average Bonchev–Trinajstić information content (AvgIpc) is 2.83. The normalized spacial score (nSPS) is 15.9. The number of ether oxygens (including phenoxy) is 2. The van der Waals surface area contributed by atoms with Gasteiger partial charge in [-0.3, -0.25) is 0 Å². The standard InChI is InChI=1S/C21H26N4O3/c1-5-23-21(26)25-13(2)10-15-11-18(27-3)19(28-4)12-17(15)20(24-25)14-6-8-16(22)9-7-14/h6-9,11-13H,5,10,22H2,1-4H3,(H,23,26). The zero-order chi connectivity index (χ0) is 20.3. The number of urea groups is 1. The zero-order valence-electron chi connectivity index (χ0n) is 16.7. The van der Waals surface area contributed by atoms with Crippen molar-refractivity contribution in [2.24, 2.45) is 5.10 Å². The second-order valence-electron chi connectivity index (χ2n) is 6.67. The van der Waals surface area contributed by atoms with E-state index in [1.165, 1.54) is 5.01 Å². The number of nitrogens with two attached hydrogens (primary N) is 1. The van der Waals surface area contributed by atoms with E-state index < -0.39 is 0 Å². The number of anilines is 1. The minimum absolute atomic E-state index is 0.130. The van der Waals surface area contributed by atoms with Crippen molar-refractivity contribution in [3.63, 3.8) is 0 Å². The molecule has 0 aromatic heterocycles. The van der Waals surface area contributed by atoms with Crippen LogP contribution in [0.3, 0.4) is 0 Å². The lowest BCUT2D eigenvalue weighted by molar-refractivity contribution is 0.183. The van der Waals surface area contributed by atoms with Crippen LogP contribution in [0.15, 0.2) is 41.5 Å². The van der Waals surface area contributed by atoms with E-state index in [4.69, 9.17) is 20.3 Å². The third-order valence-electron chi connectivity index (χ3n) is 4.73. The molecule has 0 bridgehead atoms. The molecule has 3 N–H and O–H groups in total. The Balaban J connectivity index is 2.21. The van der Waals surface area contributed by atoms with Gasteiger partial charge < -0.3 is 20.5 Å². The van der Waals surface area contributed by atoms with Crippen LogP contribution in [0.2, 0.25) is 0 Å². The number of carbonyl (C=O) groups excluding carboxylic acids is 1. The van der Waals surface area contributed by atoms with Gasteiger partial charge in [0.15, 0.2) is 11.5 Å². The van der Waals surface area contributed by atoms with Crippen molar-refractivity contribution in [2.75, 3.05) is 26.5 Å². The number of hydrogen-bond donors (Lipinski definition) is 2. The summed E-state index contributed by atoms with van der Waals surface area (Å²) in [5, 5.41) is 9.09. The number of nitrogen functional groups attached to an aromatic ring is 1. The first kappa shape index (κ1) is 19.5. The maximum Gasteiger partial charge on any atom is 0.338 e. The molecule has 2 amide bonds. The molecule has 1 heterocycles. The summed E-state index contributed by atoms with van der Waals surface area (Å²) < 4.78 is 11.0. The topological polar surface area (TPSA) is 89.2 Å². The molecule has 1 atom stereocenters. The van der Waals surface area contributed by atoms with Crippen LogP contribution in [0.4, 0.5) is 10.5 Å². The molecule has 0 saturated heterocycles. The number of nitrogens with one attached hydrogen (secondary N) is 1. The fourth-order valence-corrected chi connectivity index (χ4v) is 3.31. The summed E-state index contributed by atoms with van der Waals surface area (Å²) >= 11 is 0. The van der Waals surface area contributed by atoms with E-state index in [9.17, 15) is 4.79 Å². The number of fused-ring (bicyclic) bond motifs is 1. The van der Waals surface area contributed by atoms with E-state index in [-0.39, 0.29) is 12.1 Å². The summed E-state index contributed by atoms with van der Waals surface area (Å²) in [5.74, 6) is 1.26. The summed E-state index contributed by atoms with van der Waals surface area (Å²) in [5.41, 5.74) is 10.0. The van der Waals surface area contributed by atoms with Crippen LogP contribution in [0.25, 0.3) is 0 Å². The molecule has 1 unspecified atom stereocenters. The highest BCUT2D eigenvalue weighted by molar-refractivity contribution is 6.14. The van der Waals surface area contributed by atoms with Crippen molar-refractivity contribution in [1.82, 2.24) is 10.3 Å². The van der Waals surface area contributed by atoms with Crippen LogP contribution >= 0.6 is 0 Å². The largest absolute Gasteiger partial charge is 0.493 e. The first-order valence-corrected chi connectivity index (χ1v) is 9.25. The van der Waals surface area contributed by atoms with Crippen LogP contribution in [-0.4, -0.2) is 43.6 Å². The van der Waals surface area contributed by atoms with Gasteiger partial charge in [0.2, 0.25) is 0 Å². The minimum atomic E-state index is -0.227.